The van der Waals surface area contributed by atoms with E-state index in [1.54, 1.807) is 0 Å². The lowest BCUT2D eigenvalue weighted by Crippen LogP contribution is -2.44. The zero-order valence-corrected chi connectivity index (χ0v) is 19.9. The van der Waals surface area contributed by atoms with E-state index in [0.717, 1.165) is 15.9 Å². The van der Waals surface area contributed by atoms with Crippen molar-refractivity contribution in [2.75, 3.05) is 37.9 Å². The van der Waals surface area contributed by atoms with Gasteiger partial charge < -0.3 is 14.6 Å². The van der Waals surface area contributed by atoms with Gasteiger partial charge in [0.05, 0.1) is 38.7 Å². The van der Waals surface area contributed by atoms with Crippen molar-refractivity contribution in [3.63, 3.8) is 0 Å². The number of hydrogen-bond donors (Lipinski definition) is 1. The third kappa shape index (κ3) is 4.01. The van der Waals surface area contributed by atoms with Gasteiger partial charge in [0, 0.05) is 39.4 Å². The first-order chi connectivity index (χ1) is 18.4. The van der Waals surface area contributed by atoms with E-state index < -0.39 is 29.4 Å². The van der Waals surface area contributed by atoms with Gasteiger partial charge >= 0.3 is 0 Å². The van der Waals surface area contributed by atoms with Gasteiger partial charge in [0.25, 0.3) is 30.1 Å². The van der Waals surface area contributed by atoms with Gasteiger partial charge in [-0.15, -0.1) is 0 Å². The van der Waals surface area contributed by atoms with Crippen molar-refractivity contribution in [3.8, 4) is 0 Å². The molecule has 38 heavy (non-hydrogen) atoms. The Morgan fingerprint density at radius 1 is 0.789 bits per heavy atom. The van der Waals surface area contributed by atoms with Gasteiger partial charge in [-0.3, -0.25) is 28.9 Å². The zero-order chi connectivity index (χ0) is 27.0. The number of benzene rings is 3. The molecule has 5 rings (SSSR count). The number of nitrogens with zero attached hydrogens (tertiary/aromatic N) is 2. The molecule has 0 aromatic heterocycles. The van der Waals surface area contributed by atoms with Crippen molar-refractivity contribution in [3.05, 3.63) is 76.1 Å². The summed E-state index contributed by atoms with van der Waals surface area (Å²) >= 11 is 0. The third-order valence-corrected chi connectivity index (χ3v) is 6.53. The maximum atomic E-state index is 14.7. The number of amides is 4. The van der Waals surface area contributed by atoms with Crippen LogP contribution in [0, 0.1) is 5.82 Å². The van der Waals surface area contributed by atoms with Gasteiger partial charge in [0.15, 0.2) is 0 Å². The van der Waals surface area contributed by atoms with Gasteiger partial charge in [-0.05, 0) is 42.0 Å². The Kier molecular flexibility index (Phi) is 6.70. The van der Waals surface area contributed by atoms with Crippen molar-refractivity contribution < 1.29 is 42.9 Å². The van der Waals surface area contributed by atoms with E-state index in [4.69, 9.17) is 9.84 Å². The molecule has 0 radical (unpaired) electrons. The van der Waals surface area contributed by atoms with Gasteiger partial charge in [-0.25, -0.2) is 9.29 Å². The molecule has 10 nitrogen and oxygen atoms in total. The Labute approximate surface area is 215 Å². The Bertz CT molecular complexity index is 1450. The minimum atomic E-state index is -0.720. The summed E-state index contributed by atoms with van der Waals surface area (Å²) in [5.74, 6) is -3.28. The number of hydrogen-bond acceptors (Lipinski definition) is 8. The average Bonchev–Trinajstić information content (AvgIpc) is 2.91. The maximum absolute atomic E-state index is 14.7. The molecule has 0 fully saturated rings. The standard InChI is InChI=1S/C27H21FN2O8/c28-21-13-16(2-1-15(21)7-10-38-14-32)30-26(35)19-5-3-17-22-18(4-6-20(23(19)22)27(30)36)25(34)29(24(17)33)8-11-37-12-9-31/h1-6,13-14,31H,7-12H2. The molecule has 4 amide bonds. The fourth-order valence-electron chi connectivity index (χ4n) is 4.78. The quantitative estimate of drug-likeness (QED) is 0.244. The monoisotopic (exact) mass is 520 g/mol. The lowest BCUT2D eigenvalue weighted by atomic mass is 9.85. The number of carbonyl (C=O) groups is 5. The first-order valence-corrected chi connectivity index (χ1v) is 11.8. The van der Waals surface area contributed by atoms with Crippen molar-refractivity contribution in [1.29, 1.82) is 0 Å². The third-order valence-electron chi connectivity index (χ3n) is 6.53. The summed E-state index contributed by atoms with van der Waals surface area (Å²) in [5.41, 5.74) is 0.801. The van der Waals surface area contributed by atoms with E-state index in [2.05, 4.69) is 4.74 Å². The van der Waals surface area contributed by atoms with Crippen molar-refractivity contribution in [1.82, 2.24) is 4.90 Å². The number of ether oxygens (including phenoxy) is 2. The number of rotatable bonds is 10. The SMILES string of the molecule is O=COCCc1ccc(N2C(=O)c3ccc4c5c(ccc(c35)C2=O)C(=O)N(CCOCCO)C4=O)cc1F. The van der Waals surface area contributed by atoms with E-state index in [9.17, 15) is 28.4 Å². The van der Waals surface area contributed by atoms with E-state index in [-0.39, 0.29) is 90.1 Å². The fraction of sp³-hybridized carbons (Fsp3) is 0.222. The second kappa shape index (κ2) is 10.1. The van der Waals surface area contributed by atoms with Crippen LogP contribution in [0.15, 0.2) is 42.5 Å². The molecule has 0 bridgehead atoms. The van der Waals surface area contributed by atoms with Gasteiger partial charge in [0.1, 0.15) is 5.82 Å². The lowest BCUT2D eigenvalue weighted by molar-refractivity contribution is -0.128. The predicted molar refractivity (Wildman–Crippen MR) is 130 cm³/mol. The van der Waals surface area contributed by atoms with E-state index in [1.165, 1.54) is 36.4 Å². The van der Waals surface area contributed by atoms with Gasteiger partial charge in [-0.1, -0.05) is 6.07 Å². The maximum Gasteiger partial charge on any atom is 0.293 e. The highest BCUT2D eigenvalue weighted by Crippen LogP contribution is 2.39. The molecule has 2 aliphatic heterocycles. The molecule has 3 aromatic rings. The van der Waals surface area contributed by atoms with Gasteiger partial charge in [0.2, 0.25) is 0 Å². The fourth-order valence-corrected chi connectivity index (χ4v) is 4.78. The van der Waals surface area contributed by atoms with Crippen LogP contribution in [0.3, 0.4) is 0 Å². The Balaban J connectivity index is 1.52. The first-order valence-electron chi connectivity index (χ1n) is 11.8. The van der Waals surface area contributed by atoms with E-state index in [1.807, 2.05) is 0 Å². The highest BCUT2D eigenvalue weighted by atomic mass is 19.1. The summed E-state index contributed by atoms with van der Waals surface area (Å²) in [6, 6.07) is 9.60. The summed E-state index contributed by atoms with van der Waals surface area (Å²) in [5, 5.41) is 9.28. The molecule has 0 aliphatic carbocycles. The van der Waals surface area contributed by atoms with Crippen LogP contribution in [0.25, 0.3) is 10.8 Å². The summed E-state index contributed by atoms with van der Waals surface area (Å²) in [4.78, 5) is 65.5. The molecule has 2 heterocycles. The molecular weight excluding hydrogens is 499 g/mol. The van der Waals surface area contributed by atoms with Crippen LogP contribution in [0.5, 0.6) is 0 Å². The van der Waals surface area contributed by atoms with Crippen LogP contribution in [0.1, 0.15) is 47.0 Å². The highest BCUT2D eigenvalue weighted by Gasteiger charge is 2.40. The molecule has 2 aliphatic rings. The molecule has 11 heteroatoms. The van der Waals surface area contributed by atoms with Crippen LogP contribution < -0.4 is 4.90 Å². The molecular formula is C27H21FN2O8. The molecule has 0 saturated carbocycles. The molecule has 1 N–H and O–H groups in total. The van der Waals surface area contributed by atoms with E-state index >= 15 is 0 Å². The summed E-state index contributed by atoms with van der Waals surface area (Å²) < 4.78 is 24.5. The van der Waals surface area contributed by atoms with Gasteiger partial charge in [-0.2, -0.15) is 0 Å². The van der Waals surface area contributed by atoms with Crippen LogP contribution in [0.4, 0.5) is 10.1 Å². The topological polar surface area (TPSA) is 131 Å². The van der Waals surface area contributed by atoms with Crippen LogP contribution in [0.2, 0.25) is 0 Å². The van der Waals surface area contributed by atoms with Crippen molar-refractivity contribution >= 4 is 46.6 Å². The Morgan fingerprint density at radius 3 is 1.89 bits per heavy atom. The molecule has 0 unspecified atom stereocenters. The molecule has 0 spiro atoms. The van der Waals surface area contributed by atoms with Crippen molar-refractivity contribution in [2.45, 2.75) is 6.42 Å². The number of imide groups is 2. The second-order valence-electron chi connectivity index (χ2n) is 8.61. The minimum Gasteiger partial charge on any atom is -0.468 e. The van der Waals surface area contributed by atoms with Crippen LogP contribution in [-0.2, 0) is 20.7 Å². The smallest absolute Gasteiger partial charge is 0.293 e. The zero-order valence-electron chi connectivity index (χ0n) is 19.9. The summed E-state index contributed by atoms with van der Waals surface area (Å²) in [6.45, 7) is 0.122. The summed E-state index contributed by atoms with van der Waals surface area (Å²) in [6.07, 6.45) is 0.118. The molecule has 0 saturated heterocycles. The number of carbonyl (C=O) groups excluding carboxylic acids is 5. The van der Waals surface area contributed by atoms with Crippen molar-refractivity contribution in [2.24, 2.45) is 0 Å². The average molecular weight is 520 g/mol. The predicted octanol–water partition coefficient (Wildman–Crippen LogP) is 2.10. The lowest BCUT2D eigenvalue weighted by Gasteiger charge is -2.32. The largest absolute Gasteiger partial charge is 0.468 e. The Hall–Kier alpha value is -4.48. The normalized spacial score (nSPS) is 14.5. The van der Waals surface area contributed by atoms with Crippen LogP contribution in [-0.4, -0.2) is 73.1 Å². The van der Waals surface area contributed by atoms with E-state index in [0.29, 0.717) is 0 Å². The number of anilines is 1. The highest BCUT2D eigenvalue weighted by molar-refractivity contribution is 6.39. The number of aliphatic hydroxyl groups excluding tert-OH is 1. The second-order valence-corrected chi connectivity index (χ2v) is 8.61. The summed E-state index contributed by atoms with van der Waals surface area (Å²) in [7, 11) is 0. The molecule has 194 valence electrons. The molecule has 3 aromatic carbocycles. The number of aliphatic hydroxyl groups is 1. The Morgan fingerprint density at radius 2 is 1.37 bits per heavy atom. The number of halogens is 1. The first kappa shape index (κ1) is 25.2. The minimum absolute atomic E-state index is 0.0119. The van der Waals surface area contributed by atoms with Crippen LogP contribution >= 0.6 is 0 Å². The molecule has 0 atom stereocenters.